The van der Waals surface area contributed by atoms with Gasteiger partial charge < -0.3 is 20.0 Å². The van der Waals surface area contributed by atoms with E-state index in [1.807, 2.05) is 6.92 Å². The van der Waals surface area contributed by atoms with Crippen molar-refractivity contribution in [1.29, 1.82) is 0 Å². The number of piperidine rings is 1. The molecule has 0 aromatic carbocycles. The molecule has 2 aliphatic carbocycles. The predicted octanol–water partition coefficient (Wildman–Crippen LogP) is 3.33. The van der Waals surface area contributed by atoms with Gasteiger partial charge in [-0.25, -0.2) is 0 Å². The molecule has 1 amide bonds. The monoisotopic (exact) mass is 382 g/mol. The molecule has 5 nitrogen and oxygen atoms in total. The molecule has 1 aliphatic heterocycles. The maximum atomic E-state index is 12.4. The minimum atomic E-state index is -0.320. The molecule has 0 bridgehead atoms. The fourth-order valence-corrected chi connectivity index (χ4v) is 5.12. The second-order valence-electron chi connectivity index (χ2n) is 8.53. The normalized spacial score (nSPS) is 23.5. The fourth-order valence-electron chi connectivity index (χ4n) is 5.12. The number of amides is 1. The first-order chi connectivity index (χ1) is 13.2. The highest BCUT2D eigenvalue weighted by molar-refractivity contribution is 5.78. The summed E-state index contributed by atoms with van der Waals surface area (Å²) < 4.78 is 0. The number of likely N-dealkylation sites (tertiary alicyclic amines) is 1. The van der Waals surface area contributed by atoms with E-state index in [4.69, 9.17) is 5.11 Å². The van der Waals surface area contributed by atoms with Gasteiger partial charge in [-0.1, -0.05) is 45.4 Å². The summed E-state index contributed by atoms with van der Waals surface area (Å²) in [5, 5.41) is 17.3. The van der Waals surface area contributed by atoms with Gasteiger partial charge in [0.2, 0.25) is 5.91 Å². The highest BCUT2D eigenvalue weighted by Crippen LogP contribution is 2.30. The van der Waals surface area contributed by atoms with Crippen LogP contribution in [0.1, 0.15) is 90.4 Å². The van der Waals surface area contributed by atoms with Crippen molar-refractivity contribution in [3.63, 3.8) is 0 Å². The van der Waals surface area contributed by atoms with Gasteiger partial charge in [-0.15, -0.1) is 0 Å². The largest absolute Gasteiger partial charge is 0.396 e. The number of nitrogens with zero attached hydrogens (tertiary/aromatic N) is 2. The number of aliphatic hydroxyl groups excluding tert-OH is 2. The average molecular weight is 383 g/mol. The Balaban J connectivity index is 0.000000596. The van der Waals surface area contributed by atoms with E-state index >= 15 is 0 Å². The molecule has 0 aromatic rings. The molecule has 2 N–H and O–H groups in total. The molecular weight excluding hydrogens is 340 g/mol. The third-order valence-corrected chi connectivity index (χ3v) is 6.60. The molecule has 27 heavy (non-hydrogen) atoms. The number of carbonyl (C=O) groups is 1. The molecule has 0 spiro atoms. The van der Waals surface area contributed by atoms with E-state index in [0.717, 1.165) is 51.2 Å². The van der Waals surface area contributed by atoms with Gasteiger partial charge in [-0.2, -0.15) is 0 Å². The van der Waals surface area contributed by atoms with Crippen LogP contribution in [0.2, 0.25) is 0 Å². The molecule has 5 heteroatoms. The van der Waals surface area contributed by atoms with Crippen LogP contribution in [0.25, 0.3) is 0 Å². The summed E-state index contributed by atoms with van der Waals surface area (Å²) in [7, 11) is 0. The van der Waals surface area contributed by atoms with Crippen molar-refractivity contribution in [2.45, 2.75) is 109 Å². The van der Waals surface area contributed by atoms with Crippen LogP contribution < -0.4 is 0 Å². The van der Waals surface area contributed by atoms with Crippen LogP contribution in [0.3, 0.4) is 0 Å². The van der Waals surface area contributed by atoms with Crippen LogP contribution >= 0.6 is 0 Å². The van der Waals surface area contributed by atoms with Crippen molar-refractivity contribution in [2.75, 3.05) is 26.3 Å². The lowest BCUT2D eigenvalue weighted by atomic mass is 9.89. The number of aliphatic hydroxyl groups is 2. The van der Waals surface area contributed by atoms with E-state index < -0.39 is 0 Å². The maximum absolute atomic E-state index is 12.4. The lowest BCUT2D eigenvalue weighted by molar-refractivity contribution is -0.141. The minimum Gasteiger partial charge on any atom is -0.396 e. The highest BCUT2D eigenvalue weighted by atomic mass is 16.3. The van der Waals surface area contributed by atoms with Crippen molar-refractivity contribution in [3.05, 3.63) is 0 Å². The van der Waals surface area contributed by atoms with Gasteiger partial charge in [0, 0.05) is 37.8 Å². The molecular formula is C22H42N2O3. The summed E-state index contributed by atoms with van der Waals surface area (Å²) >= 11 is 0. The van der Waals surface area contributed by atoms with Crippen molar-refractivity contribution in [2.24, 2.45) is 0 Å². The van der Waals surface area contributed by atoms with Crippen molar-refractivity contribution in [3.8, 4) is 0 Å². The van der Waals surface area contributed by atoms with Gasteiger partial charge >= 0.3 is 0 Å². The Morgan fingerprint density at radius 3 is 1.81 bits per heavy atom. The van der Waals surface area contributed by atoms with Gasteiger partial charge in [0.25, 0.3) is 0 Å². The molecule has 3 aliphatic rings. The van der Waals surface area contributed by atoms with Crippen molar-refractivity contribution >= 4 is 5.91 Å². The Kier molecular flexibility index (Phi) is 10.7. The van der Waals surface area contributed by atoms with Crippen LogP contribution in [-0.2, 0) is 4.79 Å². The zero-order valence-corrected chi connectivity index (χ0v) is 17.4. The lowest BCUT2D eigenvalue weighted by Crippen LogP contribution is -2.54. The van der Waals surface area contributed by atoms with Crippen LogP contribution in [0.5, 0.6) is 0 Å². The number of hydrogen-bond donors (Lipinski definition) is 2. The fraction of sp³-hybridized carbons (Fsp3) is 0.955. The van der Waals surface area contributed by atoms with Gasteiger partial charge in [-0.05, 0) is 44.9 Å². The first kappa shape index (κ1) is 22.6. The highest BCUT2D eigenvalue weighted by Gasteiger charge is 2.34. The van der Waals surface area contributed by atoms with E-state index in [1.165, 1.54) is 51.4 Å². The molecule has 2 saturated carbocycles. The average Bonchev–Trinajstić information content (AvgIpc) is 2.76. The number of carbonyl (C=O) groups excluding carboxylic acids is 1. The summed E-state index contributed by atoms with van der Waals surface area (Å²) in [6, 6.07) is 1.54. The molecule has 0 unspecified atom stereocenters. The van der Waals surface area contributed by atoms with E-state index in [-0.39, 0.29) is 12.5 Å². The topological polar surface area (TPSA) is 64.0 Å². The van der Waals surface area contributed by atoms with E-state index in [0.29, 0.717) is 18.7 Å². The zero-order valence-electron chi connectivity index (χ0n) is 17.4. The van der Waals surface area contributed by atoms with Crippen molar-refractivity contribution < 1.29 is 15.0 Å². The molecule has 3 rings (SSSR count). The molecule has 0 atom stereocenters. The van der Waals surface area contributed by atoms with Crippen LogP contribution in [0, 0.1) is 0 Å². The Morgan fingerprint density at radius 2 is 1.33 bits per heavy atom. The summed E-state index contributed by atoms with van der Waals surface area (Å²) in [5.41, 5.74) is 0. The Morgan fingerprint density at radius 1 is 0.852 bits per heavy atom. The maximum Gasteiger partial charge on any atom is 0.248 e. The lowest BCUT2D eigenvalue weighted by Gasteiger charge is -2.45. The summed E-state index contributed by atoms with van der Waals surface area (Å²) in [6.45, 7) is 4.20. The second-order valence-corrected chi connectivity index (χ2v) is 8.53. The summed E-state index contributed by atoms with van der Waals surface area (Å²) in [6.07, 6.45) is 16.0. The number of hydrogen-bond acceptors (Lipinski definition) is 4. The van der Waals surface area contributed by atoms with E-state index in [2.05, 4.69) is 9.80 Å². The third-order valence-electron chi connectivity index (χ3n) is 6.60. The minimum absolute atomic E-state index is 0.0342. The van der Waals surface area contributed by atoms with Crippen molar-refractivity contribution in [1.82, 2.24) is 9.80 Å². The smallest absolute Gasteiger partial charge is 0.248 e. The van der Waals surface area contributed by atoms with Gasteiger partial charge in [0.1, 0.15) is 6.61 Å². The quantitative estimate of drug-likeness (QED) is 0.765. The van der Waals surface area contributed by atoms with Crippen LogP contribution in [0.4, 0.5) is 0 Å². The molecule has 158 valence electrons. The first-order valence-electron chi connectivity index (χ1n) is 11.5. The summed E-state index contributed by atoms with van der Waals surface area (Å²) in [5.74, 6) is -0.0342. The number of rotatable bonds is 5. The predicted molar refractivity (Wildman–Crippen MR) is 110 cm³/mol. The zero-order chi connectivity index (χ0) is 19.5. The second kappa shape index (κ2) is 12.7. The van der Waals surface area contributed by atoms with Crippen LogP contribution in [-0.4, -0.2) is 70.3 Å². The Bertz CT molecular complexity index is 396. The SMILES string of the molecule is CCCO.O=C(CO)N(C1CCCCC1)C1CCN(C2CCCCC2)CC1. The Hall–Kier alpha value is -0.650. The van der Waals surface area contributed by atoms with Crippen LogP contribution in [0.15, 0.2) is 0 Å². The molecule has 0 radical (unpaired) electrons. The van der Waals surface area contributed by atoms with E-state index in [1.54, 1.807) is 0 Å². The molecule has 1 saturated heterocycles. The standard InChI is InChI=1S/C19H34N2O2.C3H8O/c22-15-19(23)21(17-9-5-2-6-10-17)18-11-13-20(14-12-18)16-7-3-1-4-8-16;1-2-3-4/h16-18,22H,1-15H2;4H,2-3H2,1H3. The van der Waals surface area contributed by atoms with Gasteiger partial charge in [-0.3, -0.25) is 4.79 Å². The molecule has 0 aromatic heterocycles. The van der Waals surface area contributed by atoms with Gasteiger partial charge in [0.15, 0.2) is 0 Å². The summed E-state index contributed by atoms with van der Waals surface area (Å²) in [4.78, 5) is 17.1. The first-order valence-corrected chi connectivity index (χ1v) is 11.5. The third kappa shape index (κ3) is 7.03. The Labute approximate surface area is 166 Å². The molecule has 1 heterocycles. The van der Waals surface area contributed by atoms with Gasteiger partial charge in [0.05, 0.1) is 0 Å². The van der Waals surface area contributed by atoms with E-state index in [9.17, 15) is 9.90 Å². The molecule has 3 fully saturated rings.